The molecule has 12 rings (SSSR count). The molecule has 2 aromatic heterocycles. The average Bonchev–Trinajstić information content (AvgIpc) is 3.88. The fourth-order valence-corrected chi connectivity index (χ4v) is 9.63. The van der Waals surface area contributed by atoms with Gasteiger partial charge in [0.15, 0.2) is 17.5 Å². The maximum atomic E-state index is 6.62. The van der Waals surface area contributed by atoms with Crippen molar-refractivity contribution < 1.29 is 4.42 Å². The van der Waals surface area contributed by atoms with Crippen LogP contribution in [0.25, 0.3) is 89.5 Å². The summed E-state index contributed by atoms with van der Waals surface area (Å²) < 4.78 is 6.62. The van der Waals surface area contributed by atoms with E-state index in [9.17, 15) is 0 Å². The number of benzene rings is 9. The van der Waals surface area contributed by atoms with Crippen LogP contribution in [0.15, 0.2) is 229 Å². The first-order valence-corrected chi connectivity index (χ1v) is 21.0. The number of nitrogens with zero attached hydrogens (tertiary/aromatic N) is 3. The molecule has 0 fully saturated rings. The van der Waals surface area contributed by atoms with E-state index in [1.807, 2.05) is 36.4 Å². The molecule has 0 unspecified atom stereocenters. The highest BCUT2D eigenvalue weighted by molar-refractivity contribution is 6.13. The van der Waals surface area contributed by atoms with Crippen LogP contribution in [0.3, 0.4) is 0 Å². The van der Waals surface area contributed by atoms with Crippen molar-refractivity contribution >= 4 is 21.9 Å². The van der Waals surface area contributed by atoms with Crippen molar-refractivity contribution in [2.45, 2.75) is 5.41 Å². The van der Waals surface area contributed by atoms with Gasteiger partial charge in [0.1, 0.15) is 11.2 Å². The van der Waals surface area contributed by atoms with Gasteiger partial charge in [-0.3, -0.25) is 0 Å². The lowest BCUT2D eigenvalue weighted by atomic mass is 9.67. The van der Waals surface area contributed by atoms with Crippen molar-refractivity contribution in [3.63, 3.8) is 0 Å². The molecule has 0 saturated heterocycles. The summed E-state index contributed by atoms with van der Waals surface area (Å²) in [5.74, 6) is 1.87. The molecule has 0 bridgehead atoms. The Balaban J connectivity index is 0.987. The lowest BCUT2D eigenvalue weighted by Crippen LogP contribution is -2.28. The third kappa shape index (κ3) is 5.72. The van der Waals surface area contributed by atoms with Gasteiger partial charge in [0.2, 0.25) is 0 Å². The third-order valence-electron chi connectivity index (χ3n) is 12.4. The van der Waals surface area contributed by atoms with E-state index in [0.717, 1.165) is 60.9 Å². The predicted molar refractivity (Wildman–Crippen MR) is 252 cm³/mol. The van der Waals surface area contributed by atoms with Crippen LogP contribution in [0, 0.1) is 0 Å². The zero-order valence-electron chi connectivity index (χ0n) is 33.6. The van der Waals surface area contributed by atoms with Gasteiger partial charge in [-0.25, -0.2) is 15.0 Å². The van der Waals surface area contributed by atoms with E-state index >= 15 is 0 Å². The van der Waals surface area contributed by atoms with Gasteiger partial charge in [-0.2, -0.15) is 0 Å². The second kappa shape index (κ2) is 14.5. The van der Waals surface area contributed by atoms with Gasteiger partial charge in [-0.05, 0) is 79.9 Å². The van der Waals surface area contributed by atoms with Gasteiger partial charge in [-0.15, -0.1) is 0 Å². The van der Waals surface area contributed by atoms with Gasteiger partial charge in [0.05, 0.1) is 5.41 Å². The maximum absolute atomic E-state index is 6.62. The predicted octanol–water partition coefficient (Wildman–Crippen LogP) is 14.5. The molecule has 0 amide bonds. The van der Waals surface area contributed by atoms with Gasteiger partial charge in [-0.1, -0.05) is 200 Å². The molecule has 1 aliphatic carbocycles. The highest BCUT2D eigenvalue weighted by Gasteiger charge is 2.46. The van der Waals surface area contributed by atoms with Crippen molar-refractivity contribution in [1.82, 2.24) is 15.0 Å². The van der Waals surface area contributed by atoms with E-state index < -0.39 is 5.41 Å². The molecule has 4 heteroatoms. The smallest absolute Gasteiger partial charge is 0.164 e. The monoisotopic (exact) mass is 791 g/mol. The molecular formula is C58H37N3O. The number of hydrogen-bond acceptors (Lipinski definition) is 4. The fraction of sp³-hybridized carbons (Fsp3) is 0.0172. The second-order valence-corrected chi connectivity index (χ2v) is 15.9. The average molecular weight is 792 g/mol. The minimum atomic E-state index is -0.506. The van der Waals surface area contributed by atoms with Crippen LogP contribution < -0.4 is 0 Å². The Kier molecular flexibility index (Phi) is 8.36. The van der Waals surface area contributed by atoms with Crippen LogP contribution in [0.4, 0.5) is 0 Å². The highest BCUT2D eigenvalue weighted by atomic mass is 16.3. The molecule has 0 N–H and O–H groups in total. The van der Waals surface area contributed by atoms with Crippen molar-refractivity contribution in [1.29, 1.82) is 0 Å². The summed E-state index contributed by atoms with van der Waals surface area (Å²) in [5.41, 5.74) is 16.0. The van der Waals surface area contributed by atoms with E-state index in [0.29, 0.717) is 17.5 Å². The molecule has 9 aromatic carbocycles. The van der Waals surface area contributed by atoms with Crippen LogP contribution in [0.5, 0.6) is 0 Å². The molecule has 0 radical (unpaired) electrons. The normalized spacial score (nSPS) is 12.6. The quantitative estimate of drug-likeness (QED) is 0.161. The summed E-state index contributed by atoms with van der Waals surface area (Å²) in [6, 6.07) is 79.3. The molecule has 62 heavy (non-hydrogen) atoms. The topological polar surface area (TPSA) is 51.8 Å². The summed E-state index contributed by atoms with van der Waals surface area (Å²) in [6.45, 7) is 0. The second-order valence-electron chi connectivity index (χ2n) is 15.9. The summed E-state index contributed by atoms with van der Waals surface area (Å²) >= 11 is 0. The Bertz CT molecular complexity index is 3400. The van der Waals surface area contributed by atoms with E-state index in [2.05, 4.69) is 188 Å². The molecule has 290 valence electrons. The minimum absolute atomic E-state index is 0.506. The fourth-order valence-electron chi connectivity index (χ4n) is 9.63. The van der Waals surface area contributed by atoms with Crippen LogP contribution >= 0.6 is 0 Å². The Labute approximate surface area is 359 Å². The zero-order chi connectivity index (χ0) is 41.0. The lowest BCUT2D eigenvalue weighted by Gasteiger charge is -2.33. The largest absolute Gasteiger partial charge is 0.456 e. The van der Waals surface area contributed by atoms with Crippen molar-refractivity contribution in [2.24, 2.45) is 0 Å². The van der Waals surface area contributed by atoms with Crippen LogP contribution in [0.1, 0.15) is 22.3 Å². The van der Waals surface area contributed by atoms with Crippen molar-refractivity contribution in [3.8, 4) is 67.5 Å². The molecule has 2 heterocycles. The molecule has 0 spiro atoms. The summed E-state index contributed by atoms with van der Waals surface area (Å²) in [4.78, 5) is 15.1. The first-order chi connectivity index (χ1) is 30.7. The Morgan fingerprint density at radius 2 is 0.806 bits per heavy atom. The molecule has 1 aliphatic rings. The van der Waals surface area contributed by atoms with Gasteiger partial charge in [0.25, 0.3) is 0 Å². The lowest BCUT2D eigenvalue weighted by molar-refractivity contribution is 0.668. The Hall–Kier alpha value is -8.21. The molecule has 0 atom stereocenters. The SMILES string of the molecule is c1ccc(-c2cccc(-c3nc(-c4ccccc4)nc(-c4ccc(-c5cccc6oc7ccc(C8(c9ccccc9)c9ccccc9-c9ccccc98)cc7c56)cc4)n3)c2)cc1. The van der Waals surface area contributed by atoms with E-state index in [-0.39, 0.29) is 0 Å². The summed E-state index contributed by atoms with van der Waals surface area (Å²) in [6.07, 6.45) is 0. The van der Waals surface area contributed by atoms with Crippen LogP contribution in [-0.4, -0.2) is 15.0 Å². The number of hydrogen-bond donors (Lipinski definition) is 0. The number of rotatable bonds is 7. The first-order valence-electron chi connectivity index (χ1n) is 21.0. The van der Waals surface area contributed by atoms with Crippen LogP contribution in [0.2, 0.25) is 0 Å². The van der Waals surface area contributed by atoms with Gasteiger partial charge in [0, 0.05) is 27.5 Å². The van der Waals surface area contributed by atoms with Crippen molar-refractivity contribution in [2.75, 3.05) is 0 Å². The molecule has 11 aromatic rings. The zero-order valence-corrected chi connectivity index (χ0v) is 33.6. The summed E-state index contributed by atoms with van der Waals surface area (Å²) in [5, 5.41) is 2.17. The number of furan rings is 1. The third-order valence-corrected chi connectivity index (χ3v) is 12.4. The Morgan fingerprint density at radius 3 is 1.48 bits per heavy atom. The van der Waals surface area contributed by atoms with E-state index in [1.165, 1.54) is 33.4 Å². The van der Waals surface area contributed by atoms with E-state index in [1.54, 1.807) is 0 Å². The van der Waals surface area contributed by atoms with Crippen LogP contribution in [-0.2, 0) is 5.41 Å². The standard InChI is InChI=1S/C58H37N3O/c1-4-16-38(17-5-1)42-20-14-21-43(36-42)57-60-55(40-18-6-2-7-19-40)59-56(61-57)41-32-30-39(31-33-41)46-26-15-29-53-54(46)49-37-45(34-35-52(49)62-53)58(44-22-8-3-9-23-44)50-27-12-10-24-47(50)48-25-11-13-28-51(48)58/h1-37H. The molecular weight excluding hydrogens is 755 g/mol. The Morgan fingerprint density at radius 1 is 0.306 bits per heavy atom. The maximum Gasteiger partial charge on any atom is 0.164 e. The minimum Gasteiger partial charge on any atom is -0.456 e. The highest BCUT2D eigenvalue weighted by Crippen LogP contribution is 2.56. The molecule has 0 saturated carbocycles. The first kappa shape index (κ1) is 35.7. The number of fused-ring (bicyclic) bond motifs is 6. The number of aromatic nitrogens is 3. The molecule has 0 aliphatic heterocycles. The van der Waals surface area contributed by atoms with Crippen molar-refractivity contribution in [3.05, 3.63) is 247 Å². The molecule has 4 nitrogen and oxygen atoms in total. The summed E-state index contributed by atoms with van der Waals surface area (Å²) in [7, 11) is 0. The van der Waals surface area contributed by atoms with Gasteiger partial charge < -0.3 is 4.42 Å². The van der Waals surface area contributed by atoms with E-state index in [4.69, 9.17) is 19.4 Å². The van der Waals surface area contributed by atoms with Gasteiger partial charge >= 0.3 is 0 Å².